The lowest BCUT2D eigenvalue weighted by atomic mass is 10.2. The molecule has 0 amide bonds. The van der Waals surface area contributed by atoms with Crippen LogP contribution in [0.1, 0.15) is 81.1 Å². The van der Waals surface area contributed by atoms with Crippen molar-refractivity contribution in [3.8, 4) is 0 Å². The Hall–Kier alpha value is -0.0700. The van der Waals surface area contributed by atoms with Gasteiger partial charge >= 0.3 is 0 Å². The van der Waals surface area contributed by atoms with Crippen molar-refractivity contribution in [2.45, 2.75) is 87.2 Å². The van der Waals surface area contributed by atoms with Gasteiger partial charge in [-0.05, 0) is 31.1 Å². The van der Waals surface area contributed by atoms with Gasteiger partial charge in [0.1, 0.15) is 0 Å². The van der Waals surface area contributed by atoms with Crippen LogP contribution < -0.4 is 0 Å². The Morgan fingerprint density at radius 1 is 0.933 bits per heavy atom. The maximum absolute atomic E-state index is 11.9. The highest BCUT2D eigenvalue weighted by Gasteiger charge is 2.30. The fraction of sp³-hybridized carbons (Fsp3) is 1.00. The quantitative estimate of drug-likeness (QED) is 0.535. The van der Waals surface area contributed by atoms with E-state index in [1.165, 1.54) is 12.8 Å². The number of rotatable bonds is 2. The summed E-state index contributed by atoms with van der Waals surface area (Å²) in [7, 11) is 0. The number of hydrogen-bond acceptors (Lipinski definition) is 0. The summed E-state index contributed by atoms with van der Waals surface area (Å²) in [5.74, 6) is 0. The van der Waals surface area contributed by atoms with Gasteiger partial charge in [0.15, 0.2) is 0 Å². The van der Waals surface area contributed by atoms with Gasteiger partial charge in [-0.3, -0.25) is 0 Å². The molecule has 0 atom stereocenters. The number of alkyl halides is 1. The molecule has 1 aliphatic rings. The second-order valence-corrected chi connectivity index (χ2v) is 4.08. The molecule has 1 fully saturated rings. The van der Waals surface area contributed by atoms with E-state index in [-0.39, 0.29) is 0 Å². The Kier molecular flexibility index (Phi) is 18.9. The Morgan fingerprint density at radius 2 is 1.13 bits per heavy atom. The summed E-state index contributed by atoms with van der Waals surface area (Å²) in [4.78, 5) is 0. The van der Waals surface area contributed by atoms with E-state index in [2.05, 4.69) is 13.8 Å². The third kappa shape index (κ3) is 24.9. The highest BCUT2D eigenvalue weighted by atomic mass is 19.1. The van der Waals surface area contributed by atoms with Crippen LogP contribution in [0.2, 0.25) is 0 Å². The van der Waals surface area contributed by atoms with Gasteiger partial charge in [-0.25, -0.2) is 4.39 Å². The van der Waals surface area contributed by atoms with Crippen molar-refractivity contribution in [1.29, 1.82) is 0 Å². The topological polar surface area (TPSA) is 0 Å². The zero-order valence-corrected chi connectivity index (χ0v) is 12.3. The first-order valence-corrected chi connectivity index (χ1v) is 6.66. The standard InChI is InChI=1S/C5H11F.C5H10.2C2H6/c1-3-5(6)4-2;1-5(2)3-4-5;2*1-2/h5H,3-4H2,1-2H3;3-4H2,1-2H3;2*1-2H3. The van der Waals surface area contributed by atoms with Crippen molar-refractivity contribution in [2.75, 3.05) is 0 Å². The molecule has 0 aliphatic heterocycles. The monoisotopic (exact) mass is 220 g/mol. The summed E-state index contributed by atoms with van der Waals surface area (Å²) in [5, 5.41) is 0. The molecule has 1 aliphatic carbocycles. The Morgan fingerprint density at radius 3 is 1.13 bits per heavy atom. The highest BCUT2D eigenvalue weighted by molar-refractivity contribution is 4.82. The molecule has 0 bridgehead atoms. The summed E-state index contributed by atoms with van der Waals surface area (Å²) in [6.07, 6.45) is 3.66. The van der Waals surface area contributed by atoms with Crippen molar-refractivity contribution in [1.82, 2.24) is 0 Å². The molecule has 0 aromatic rings. The lowest BCUT2D eigenvalue weighted by Crippen LogP contribution is -1.91. The van der Waals surface area contributed by atoms with Crippen LogP contribution in [-0.2, 0) is 0 Å². The summed E-state index contributed by atoms with van der Waals surface area (Å²) in [6, 6.07) is 0. The molecular weight excluding hydrogens is 187 g/mol. The first-order valence-electron chi connectivity index (χ1n) is 6.66. The lowest BCUT2D eigenvalue weighted by molar-refractivity contribution is 0.316. The first kappa shape index (κ1) is 20.4. The summed E-state index contributed by atoms with van der Waals surface area (Å²) in [5.41, 5.74) is 0.750. The average Bonchev–Trinajstić information content (AvgIpc) is 2.99. The van der Waals surface area contributed by atoms with Gasteiger partial charge in [-0.15, -0.1) is 0 Å². The second kappa shape index (κ2) is 13.9. The SMILES string of the molecule is CC.CC.CC1(C)CC1.CCC(F)CC. The second-order valence-electron chi connectivity index (χ2n) is 4.08. The van der Waals surface area contributed by atoms with Gasteiger partial charge in [0.25, 0.3) is 0 Å². The molecule has 0 nitrogen and oxygen atoms in total. The fourth-order valence-electron chi connectivity index (χ4n) is 0.539. The van der Waals surface area contributed by atoms with Crippen LogP contribution in [0.3, 0.4) is 0 Å². The van der Waals surface area contributed by atoms with E-state index in [0.717, 1.165) is 5.41 Å². The smallest absolute Gasteiger partial charge is 0.0996 e. The molecular formula is C14H33F. The maximum atomic E-state index is 11.9. The van der Waals surface area contributed by atoms with Gasteiger partial charge in [0, 0.05) is 0 Å². The highest BCUT2D eigenvalue weighted by Crippen LogP contribution is 2.43. The fourth-order valence-corrected chi connectivity index (χ4v) is 0.539. The predicted octanol–water partition coefficient (Wildman–Crippen LogP) is 6.00. The number of hydrogen-bond donors (Lipinski definition) is 0. The molecule has 0 aromatic carbocycles. The van der Waals surface area contributed by atoms with E-state index in [4.69, 9.17) is 0 Å². The van der Waals surface area contributed by atoms with Crippen LogP contribution in [0.5, 0.6) is 0 Å². The van der Waals surface area contributed by atoms with Crippen molar-refractivity contribution in [3.05, 3.63) is 0 Å². The summed E-state index contributed by atoms with van der Waals surface area (Å²) < 4.78 is 11.9. The van der Waals surface area contributed by atoms with Crippen molar-refractivity contribution < 1.29 is 4.39 Å². The Bertz CT molecular complexity index is 87.5. The van der Waals surface area contributed by atoms with E-state index in [1.54, 1.807) is 0 Å². The van der Waals surface area contributed by atoms with E-state index in [0.29, 0.717) is 12.8 Å². The minimum atomic E-state index is -0.565. The minimum Gasteiger partial charge on any atom is -0.248 e. The molecule has 0 spiro atoms. The van der Waals surface area contributed by atoms with Crippen LogP contribution in [0.25, 0.3) is 0 Å². The van der Waals surface area contributed by atoms with E-state index in [1.807, 2.05) is 41.5 Å². The Balaban J connectivity index is -0.000000145. The molecule has 1 rings (SSSR count). The Labute approximate surface area is 97.7 Å². The zero-order chi connectivity index (χ0) is 12.9. The summed E-state index contributed by atoms with van der Waals surface area (Å²) in [6.45, 7) is 16.3. The van der Waals surface area contributed by atoms with Gasteiger partial charge in [0.05, 0.1) is 6.17 Å². The van der Waals surface area contributed by atoms with E-state index in [9.17, 15) is 4.39 Å². The molecule has 0 N–H and O–H groups in total. The molecule has 0 aromatic heterocycles. The van der Waals surface area contributed by atoms with Crippen LogP contribution >= 0.6 is 0 Å². The maximum Gasteiger partial charge on any atom is 0.0996 e. The normalized spacial score (nSPS) is 14.8. The van der Waals surface area contributed by atoms with Crippen LogP contribution in [-0.4, -0.2) is 6.17 Å². The van der Waals surface area contributed by atoms with Crippen LogP contribution in [0, 0.1) is 5.41 Å². The van der Waals surface area contributed by atoms with E-state index >= 15 is 0 Å². The predicted molar refractivity (Wildman–Crippen MR) is 71.2 cm³/mol. The largest absolute Gasteiger partial charge is 0.248 e. The van der Waals surface area contributed by atoms with Gasteiger partial charge in [0.2, 0.25) is 0 Å². The summed E-state index contributed by atoms with van der Waals surface area (Å²) >= 11 is 0. The molecule has 1 saturated carbocycles. The zero-order valence-electron chi connectivity index (χ0n) is 12.3. The molecule has 0 heterocycles. The van der Waals surface area contributed by atoms with Crippen molar-refractivity contribution in [2.24, 2.45) is 5.41 Å². The first-order chi connectivity index (χ1) is 7.02. The molecule has 0 radical (unpaired) electrons. The van der Waals surface area contributed by atoms with Crippen LogP contribution in [0.15, 0.2) is 0 Å². The van der Waals surface area contributed by atoms with Crippen molar-refractivity contribution >= 4 is 0 Å². The molecule has 1 heteroatoms. The minimum absolute atomic E-state index is 0.565. The van der Waals surface area contributed by atoms with Gasteiger partial charge < -0.3 is 0 Å². The van der Waals surface area contributed by atoms with Crippen molar-refractivity contribution in [3.63, 3.8) is 0 Å². The lowest BCUT2D eigenvalue weighted by Gasteiger charge is -1.94. The molecule has 0 unspecified atom stereocenters. The van der Waals surface area contributed by atoms with Crippen LogP contribution in [0.4, 0.5) is 4.39 Å². The molecule has 15 heavy (non-hydrogen) atoms. The molecule has 96 valence electrons. The molecule has 0 saturated heterocycles. The third-order valence-corrected chi connectivity index (χ3v) is 2.14. The third-order valence-electron chi connectivity index (χ3n) is 2.14. The van der Waals surface area contributed by atoms with Gasteiger partial charge in [-0.1, -0.05) is 55.4 Å². The van der Waals surface area contributed by atoms with E-state index < -0.39 is 6.17 Å². The van der Waals surface area contributed by atoms with Gasteiger partial charge in [-0.2, -0.15) is 0 Å². The average molecular weight is 220 g/mol. The number of halogens is 1.